The molecule has 0 aliphatic rings. The maximum absolute atomic E-state index is 12.7. The maximum Gasteiger partial charge on any atom is 0.323 e. The summed E-state index contributed by atoms with van der Waals surface area (Å²) in [7, 11) is 0. The number of hydrogen-bond acceptors (Lipinski definition) is 2. The van der Waals surface area contributed by atoms with Crippen molar-refractivity contribution in [1.82, 2.24) is 0 Å². The average molecular weight is 259 g/mol. The lowest BCUT2D eigenvalue weighted by atomic mass is 10.2. The Balaban J connectivity index is 1.95. The number of hydrogen-bond donors (Lipinski definition) is 3. The van der Waals surface area contributed by atoms with Crippen LogP contribution in [0, 0.1) is 5.82 Å². The number of carbonyl (C=O) groups excluding carboxylic acids is 1. The SMILES string of the molecule is NCc1ccc(NC(=O)Nc2ccc(F)cc2)cc1. The van der Waals surface area contributed by atoms with E-state index in [2.05, 4.69) is 10.6 Å². The number of anilines is 2. The molecule has 2 aromatic carbocycles. The zero-order valence-electron chi connectivity index (χ0n) is 10.2. The predicted octanol–water partition coefficient (Wildman–Crippen LogP) is 2.93. The Morgan fingerprint density at radius 3 is 1.89 bits per heavy atom. The van der Waals surface area contributed by atoms with E-state index in [0.29, 0.717) is 17.9 Å². The summed E-state index contributed by atoms with van der Waals surface area (Å²) in [6.07, 6.45) is 0. The number of nitrogens with one attached hydrogen (secondary N) is 2. The van der Waals surface area contributed by atoms with E-state index >= 15 is 0 Å². The monoisotopic (exact) mass is 259 g/mol. The van der Waals surface area contributed by atoms with Crippen LogP contribution in [0.15, 0.2) is 48.5 Å². The first-order valence-corrected chi connectivity index (χ1v) is 5.80. The van der Waals surface area contributed by atoms with Crippen LogP contribution in [0.2, 0.25) is 0 Å². The quantitative estimate of drug-likeness (QED) is 0.793. The second-order valence-electron chi connectivity index (χ2n) is 3.99. The van der Waals surface area contributed by atoms with Gasteiger partial charge in [0.2, 0.25) is 0 Å². The highest BCUT2D eigenvalue weighted by atomic mass is 19.1. The highest BCUT2D eigenvalue weighted by molar-refractivity contribution is 5.99. The number of benzene rings is 2. The van der Waals surface area contributed by atoms with E-state index < -0.39 is 0 Å². The Morgan fingerprint density at radius 2 is 1.42 bits per heavy atom. The van der Waals surface area contributed by atoms with Gasteiger partial charge >= 0.3 is 6.03 Å². The molecule has 2 rings (SSSR count). The summed E-state index contributed by atoms with van der Waals surface area (Å²) in [6, 6.07) is 12.4. The molecule has 0 aliphatic heterocycles. The van der Waals surface area contributed by atoms with Crippen LogP contribution in [0.25, 0.3) is 0 Å². The van der Waals surface area contributed by atoms with Gasteiger partial charge < -0.3 is 16.4 Å². The molecule has 4 N–H and O–H groups in total. The maximum atomic E-state index is 12.7. The second kappa shape index (κ2) is 5.97. The molecule has 19 heavy (non-hydrogen) atoms. The van der Waals surface area contributed by atoms with Gasteiger partial charge in [0.1, 0.15) is 5.82 Å². The molecule has 0 fully saturated rings. The molecule has 0 aromatic heterocycles. The number of rotatable bonds is 3. The van der Waals surface area contributed by atoms with Gasteiger partial charge in [-0.05, 0) is 42.0 Å². The molecule has 4 nitrogen and oxygen atoms in total. The number of nitrogens with two attached hydrogens (primary N) is 1. The van der Waals surface area contributed by atoms with Gasteiger partial charge in [0.25, 0.3) is 0 Å². The first-order valence-electron chi connectivity index (χ1n) is 5.80. The predicted molar refractivity (Wildman–Crippen MR) is 73.4 cm³/mol. The summed E-state index contributed by atoms with van der Waals surface area (Å²) in [6.45, 7) is 0.460. The van der Waals surface area contributed by atoms with Gasteiger partial charge in [-0.3, -0.25) is 0 Å². The Bertz CT molecular complexity index is 552. The lowest BCUT2D eigenvalue weighted by Gasteiger charge is -2.08. The largest absolute Gasteiger partial charge is 0.326 e. The smallest absolute Gasteiger partial charge is 0.323 e. The fourth-order valence-electron chi connectivity index (χ4n) is 1.55. The molecule has 2 aromatic rings. The van der Waals surface area contributed by atoms with Gasteiger partial charge in [-0.25, -0.2) is 9.18 Å². The minimum Gasteiger partial charge on any atom is -0.326 e. The van der Waals surface area contributed by atoms with Crippen molar-refractivity contribution in [2.24, 2.45) is 5.73 Å². The van der Waals surface area contributed by atoms with Gasteiger partial charge in [0, 0.05) is 17.9 Å². The Morgan fingerprint density at radius 1 is 0.947 bits per heavy atom. The fraction of sp³-hybridized carbons (Fsp3) is 0.0714. The molecule has 0 saturated heterocycles. The second-order valence-corrected chi connectivity index (χ2v) is 3.99. The molecule has 0 aliphatic carbocycles. The van der Waals surface area contributed by atoms with Gasteiger partial charge in [-0.2, -0.15) is 0 Å². The normalized spacial score (nSPS) is 10.0. The number of halogens is 1. The van der Waals surface area contributed by atoms with Gasteiger partial charge in [0.05, 0.1) is 0 Å². The molecule has 0 bridgehead atoms. The van der Waals surface area contributed by atoms with Crippen molar-refractivity contribution >= 4 is 17.4 Å². The van der Waals surface area contributed by atoms with Gasteiger partial charge in [0.15, 0.2) is 0 Å². The lowest BCUT2D eigenvalue weighted by Crippen LogP contribution is -2.19. The minimum atomic E-state index is -0.382. The van der Waals surface area contributed by atoms with Crippen LogP contribution in [0.3, 0.4) is 0 Å². The summed E-state index contributed by atoms with van der Waals surface area (Å²) < 4.78 is 12.7. The highest BCUT2D eigenvalue weighted by Crippen LogP contribution is 2.11. The molecule has 0 heterocycles. The Kier molecular flexibility index (Phi) is 4.10. The number of carbonyl (C=O) groups is 1. The molecular formula is C14H14FN3O. The van der Waals surface area contributed by atoms with Crippen molar-refractivity contribution in [3.8, 4) is 0 Å². The zero-order chi connectivity index (χ0) is 13.7. The molecular weight excluding hydrogens is 245 g/mol. The van der Waals surface area contributed by atoms with Crippen LogP contribution < -0.4 is 16.4 Å². The number of amides is 2. The van der Waals surface area contributed by atoms with Crippen LogP contribution in [-0.2, 0) is 6.54 Å². The lowest BCUT2D eigenvalue weighted by molar-refractivity contribution is 0.262. The fourth-order valence-corrected chi connectivity index (χ4v) is 1.55. The van der Waals surface area contributed by atoms with Gasteiger partial charge in [-0.15, -0.1) is 0 Å². The van der Waals surface area contributed by atoms with E-state index in [9.17, 15) is 9.18 Å². The number of urea groups is 1. The standard InChI is InChI=1S/C14H14FN3O/c15-11-3-7-13(8-4-11)18-14(19)17-12-5-1-10(9-16)2-6-12/h1-8H,9,16H2,(H2,17,18,19). The molecule has 0 saturated carbocycles. The van der Waals surface area contributed by atoms with Crippen molar-refractivity contribution in [1.29, 1.82) is 0 Å². The third-order valence-corrected chi connectivity index (χ3v) is 2.55. The molecule has 0 radical (unpaired) electrons. The van der Waals surface area contributed by atoms with Crippen molar-refractivity contribution in [2.75, 3.05) is 10.6 Å². The van der Waals surface area contributed by atoms with E-state index in [1.54, 1.807) is 12.1 Å². The molecule has 2 amide bonds. The minimum absolute atomic E-state index is 0.344. The Hall–Kier alpha value is -2.40. The summed E-state index contributed by atoms with van der Waals surface area (Å²) in [5, 5.41) is 5.28. The first-order chi connectivity index (χ1) is 9.17. The highest BCUT2D eigenvalue weighted by Gasteiger charge is 2.02. The van der Waals surface area contributed by atoms with Crippen LogP contribution in [0.5, 0.6) is 0 Å². The summed E-state index contributed by atoms with van der Waals surface area (Å²) in [5.74, 6) is -0.344. The van der Waals surface area contributed by atoms with E-state index in [4.69, 9.17) is 5.73 Å². The van der Waals surface area contributed by atoms with Crippen molar-refractivity contribution in [2.45, 2.75) is 6.54 Å². The molecule has 5 heteroatoms. The molecule has 98 valence electrons. The zero-order valence-corrected chi connectivity index (χ0v) is 10.2. The van der Waals surface area contributed by atoms with Crippen LogP contribution in [-0.4, -0.2) is 6.03 Å². The first kappa shape index (κ1) is 13.0. The average Bonchev–Trinajstić information content (AvgIpc) is 2.42. The van der Waals surface area contributed by atoms with E-state index in [1.165, 1.54) is 24.3 Å². The molecule has 0 spiro atoms. The van der Waals surface area contributed by atoms with Crippen LogP contribution in [0.4, 0.5) is 20.6 Å². The molecule has 0 unspecified atom stereocenters. The van der Waals surface area contributed by atoms with Crippen LogP contribution >= 0.6 is 0 Å². The van der Waals surface area contributed by atoms with Gasteiger partial charge in [-0.1, -0.05) is 12.1 Å². The van der Waals surface area contributed by atoms with Crippen LogP contribution in [0.1, 0.15) is 5.56 Å². The van der Waals surface area contributed by atoms with Crippen molar-refractivity contribution in [3.05, 3.63) is 59.9 Å². The molecule has 0 atom stereocenters. The third-order valence-electron chi connectivity index (χ3n) is 2.55. The summed E-state index contributed by atoms with van der Waals surface area (Å²) in [5.41, 5.74) is 7.66. The van der Waals surface area contributed by atoms with Crippen molar-refractivity contribution in [3.63, 3.8) is 0 Å². The topological polar surface area (TPSA) is 67.1 Å². The summed E-state index contributed by atoms with van der Waals surface area (Å²) in [4.78, 5) is 11.7. The Labute approximate surface area is 110 Å². The van der Waals surface area contributed by atoms with E-state index in [-0.39, 0.29) is 11.8 Å². The van der Waals surface area contributed by atoms with E-state index in [1.807, 2.05) is 12.1 Å². The third kappa shape index (κ3) is 3.79. The van der Waals surface area contributed by atoms with E-state index in [0.717, 1.165) is 5.56 Å². The van der Waals surface area contributed by atoms with Crippen molar-refractivity contribution < 1.29 is 9.18 Å². The summed E-state index contributed by atoms with van der Waals surface area (Å²) >= 11 is 0.